The summed E-state index contributed by atoms with van der Waals surface area (Å²) in [4.78, 5) is 23.0. The average molecular weight is 476 g/mol. The van der Waals surface area contributed by atoms with E-state index in [2.05, 4.69) is 65.3 Å². The minimum atomic E-state index is -1.24. The highest BCUT2D eigenvalue weighted by Gasteiger charge is 2.55. The van der Waals surface area contributed by atoms with E-state index >= 15 is 0 Å². The van der Waals surface area contributed by atoms with Crippen molar-refractivity contribution >= 4 is 5.91 Å². The number of aliphatic hydroxyl groups is 1. The molecule has 35 heavy (non-hydrogen) atoms. The lowest BCUT2D eigenvalue weighted by molar-refractivity contribution is -0.127. The Morgan fingerprint density at radius 3 is 2.60 bits per heavy atom. The number of benzene rings is 1. The predicted octanol–water partition coefficient (Wildman–Crippen LogP) is 3.44. The lowest BCUT2D eigenvalue weighted by Crippen LogP contribution is -2.63. The molecule has 8 heteroatoms. The number of carbonyl (C=O) groups is 1. The molecule has 2 aromatic heterocycles. The molecular weight excluding hydrogens is 442 g/mol. The number of aromatic nitrogens is 3. The highest BCUT2D eigenvalue weighted by molar-refractivity contribution is 5.77. The summed E-state index contributed by atoms with van der Waals surface area (Å²) in [5, 5.41) is 19.4. The van der Waals surface area contributed by atoms with E-state index in [4.69, 9.17) is 4.52 Å². The van der Waals surface area contributed by atoms with E-state index in [9.17, 15) is 9.90 Å². The van der Waals surface area contributed by atoms with Crippen molar-refractivity contribution in [2.24, 2.45) is 5.41 Å². The van der Waals surface area contributed by atoms with E-state index < -0.39 is 5.60 Å². The Morgan fingerprint density at radius 1 is 1.20 bits per heavy atom. The predicted molar refractivity (Wildman–Crippen MR) is 132 cm³/mol. The molecule has 4 heterocycles. The second-order valence-electron chi connectivity index (χ2n) is 10.7. The van der Waals surface area contributed by atoms with Crippen LogP contribution in [0, 0.1) is 5.41 Å². The summed E-state index contributed by atoms with van der Waals surface area (Å²) in [7, 11) is 2.06. The SMILES string of the molecule is CC(C)c1ccc(C(O)(c2cncc(-c3noc([C@@H]4CCNC(=O)C4)n3)c2)C2(C)CN(C)C2)cc1. The molecule has 2 fully saturated rings. The van der Waals surface area contributed by atoms with Crippen LogP contribution in [0.15, 0.2) is 47.2 Å². The average Bonchev–Trinajstić information content (AvgIpc) is 3.33. The summed E-state index contributed by atoms with van der Waals surface area (Å²) in [6, 6.07) is 10.2. The van der Waals surface area contributed by atoms with Crippen molar-refractivity contribution < 1.29 is 14.4 Å². The van der Waals surface area contributed by atoms with Crippen molar-refractivity contribution in [3.05, 3.63) is 65.3 Å². The summed E-state index contributed by atoms with van der Waals surface area (Å²) in [6.45, 7) is 8.57. The van der Waals surface area contributed by atoms with Gasteiger partial charge in [-0.2, -0.15) is 4.98 Å². The summed E-state index contributed by atoms with van der Waals surface area (Å²) < 4.78 is 5.53. The van der Waals surface area contributed by atoms with Crippen LogP contribution in [0.4, 0.5) is 0 Å². The van der Waals surface area contributed by atoms with E-state index in [1.165, 1.54) is 5.56 Å². The van der Waals surface area contributed by atoms with Crippen molar-refractivity contribution in [2.75, 3.05) is 26.7 Å². The van der Waals surface area contributed by atoms with Gasteiger partial charge in [-0.3, -0.25) is 9.78 Å². The third-order valence-corrected chi connectivity index (χ3v) is 7.56. The number of piperidine rings is 1. The van der Waals surface area contributed by atoms with Gasteiger partial charge >= 0.3 is 0 Å². The first-order valence-electron chi connectivity index (χ1n) is 12.3. The highest BCUT2D eigenvalue weighted by Crippen LogP contribution is 2.50. The van der Waals surface area contributed by atoms with Crippen LogP contribution in [0.5, 0.6) is 0 Å². The fraction of sp³-hybridized carbons (Fsp3) is 0.481. The van der Waals surface area contributed by atoms with E-state index in [1.54, 1.807) is 12.4 Å². The Bertz CT molecular complexity index is 1220. The molecule has 8 nitrogen and oxygen atoms in total. The molecule has 0 bridgehead atoms. The monoisotopic (exact) mass is 475 g/mol. The Kier molecular flexibility index (Phi) is 5.97. The number of hydrogen-bond donors (Lipinski definition) is 2. The zero-order chi connectivity index (χ0) is 24.8. The van der Waals surface area contributed by atoms with Crippen LogP contribution >= 0.6 is 0 Å². The first kappa shape index (κ1) is 23.6. The fourth-order valence-electron chi connectivity index (χ4n) is 5.62. The molecule has 2 saturated heterocycles. The summed E-state index contributed by atoms with van der Waals surface area (Å²) in [5.74, 6) is 1.20. The van der Waals surface area contributed by atoms with Gasteiger partial charge in [0.25, 0.3) is 0 Å². The molecule has 184 valence electrons. The van der Waals surface area contributed by atoms with E-state index in [0.717, 1.165) is 25.1 Å². The second-order valence-corrected chi connectivity index (χ2v) is 10.7. The Morgan fingerprint density at radius 2 is 1.94 bits per heavy atom. The van der Waals surface area contributed by atoms with E-state index in [-0.39, 0.29) is 17.2 Å². The molecule has 2 atom stereocenters. The van der Waals surface area contributed by atoms with Gasteiger partial charge in [-0.15, -0.1) is 0 Å². The number of likely N-dealkylation sites (tertiary alicyclic amines) is 1. The number of pyridine rings is 1. The molecule has 1 aromatic carbocycles. The number of nitrogens with one attached hydrogen (secondary N) is 1. The Balaban J connectivity index is 1.52. The zero-order valence-electron chi connectivity index (χ0n) is 20.8. The van der Waals surface area contributed by atoms with Crippen LogP contribution in [-0.2, 0) is 10.4 Å². The Labute approximate surface area is 205 Å². The molecule has 3 aromatic rings. The maximum Gasteiger partial charge on any atom is 0.230 e. The van der Waals surface area contributed by atoms with Crippen LogP contribution < -0.4 is 5.32 Å². The van der Waals surface area contributed by atoms with Crippen molar-refractivity contribution in [2.45, 2.75) is 51.0 Å². The van der Waals surface area contributed by atoms with Gasteiger partial charge in [0.1, 0.15) is 5.60 Å². The summed E-state index contributed by atoms with van der Waals surface area (Å²) in [6.07, 6.45) is 4.53. The van der Waals surface area contributed by atoms with Crippen LogP contribution in [0.25, 0.3) is 11.4 Å². The third kappa shape index (κ3) is 4.15. The smallest absolute Gasteiger partial charge is 0.230 e. The van der Waals surface area contributed by atoms with Crippen molar-refractivity contribution in [3.8, 4) is 11.4 Å². The zero-order valence-corrected chi connectivity index (χ0v) is 20.8. The van der Waals surface area contributed by atoms with Crippen LogP contribution in [-0.4, -0.2) is 57.7 Å². The molecule has 0 radical (unpaired) electrons. The summed E-state index contributed by atoms with van der Waals surface area (Å²) >= 11 is 0. The third-order valence-electron chi connectivity index (χ3n) is 7.56. The molecular formula is C27H33N5O3. The Hall–Kier alpha value is -3.10. The molecule has 1 amide bonds. The molecule has 2 N–H and O–H groups in total. The molecule has 1 unspecified atom stereocenters. The molecule has 0 spiro atoms. The number of carbonyl (C=O) groups excluding carboxylic acids is 1. The van der Waals surface area contributed by atoms with Crippen LogP contribution in [0.3, 0.4) is 0 Å². The number of hydrogen-bond acceptors (Lipinski definition) is 7. The first-order chi connectivity index (χ1) is 16.7. The fourth-order valence-corrected chi connectivity index (χ4v) is 5.62. The van der Waals surface area contributed by atoms with Crippen LogP contribution in [0.1, 0.15) is 68.0 Å². The molecule has 2 aliphatic rings. The van der Waals surface area contributed by atoms with Gasteiger partial charge in [0.2, 0.25) is 17.6 Å². The molecule has 0 saturated carbocycles. The minimum absolute atomic E-state index is 0.00285. The largest absolute Gasteiger partial charge is 0.380 e. The maximum atomic E-state index is 12.4. The lowest BCUT2D eigenvalue weighted by atomic mass is 9.62. The summed E-state index contributed by atoms with van der Waals surface area (Å²) in [5.41, 5.74) is 1.82. The van der Waals surface area contributed by atoms with Gasteiger partial charge in [-0.25, -0.2) is 0 Å². The number of nitrogens with zero attached hydrogens (tertiary/aromatic N) is 4. The number of rotatable bonds is 6. The van der Waals surface area contributed by atoms with Gasteiger partial charge in [-0.05, 0) is 36.6 Å². The van der Waals surface area contributed by atoms with Gasteiger partial charge in [-0.1, -0.05) is 50.2 Å². The van der Waals surface area contributed by atoms with E-state index in [0.29, 0.717) is 41.7 Å². The lowest BCUT2D eigenvalue weighted by Gasteiger charge is -2.55. The molecule has 0 aliphatic carbocycles. The number of amides is 1. The maximum absolute atomic E-state index is 12.4. The van der Waals surface area contributed by atoms with Crippen molar-refractivity contribution in [1.29, 1.82) is 0 Å². The molecule has 5 rings (SSSR count). The normalized spacial score (nSPS) is 21.9. The second kappa shape index (κ2) is 8.84. The molecule has 2 aliphatic heterocycles. The standard InChI is InChI=1S/C27H33N5O3/c1-17(2)18-5-7-21(8-6-18)27(34,26(3)15-32(4)16-26)22-11-20(13-28-14-22)24-30-25(35-31-24)19-9-10-29-23(33)12-19/h5-8,11,13-14,17,19,34H,9-10,12,15-16H2,1-4H3,(H,29,33)/t19-,27?/m1/s1. The van der Waals surface area contributed by atoms with Crippen molar-refractivity contribution in [1.82, 2.24) is 25.3 Å². The first-order valence-corrected chi connectivity index (χ1v) is 12.3. The van der Waals surface area contributed by atoms with E-state index in [1.807, 2.05) is 18.2 Å². The van der Waals surface area contributed by atoms with Crippen molar-refractivity contribution in [3.63, 3.8) is 0 Å². The van der Waals surface area contributed by atoms with Gasteiger partial charge in [0.15, 0.2) is 0 Å². The topological polar surface area (TPSA) is 104 Å². The van der Waals surface area contributed by atoms with Crippen LogP contribution in [0.2, 0.25) is 0 Å². The van der Waals surface area contributed by atoms with Gasteiger partial charge < -0.3 is 19.8 Å². The van der Waals surface area contributed by atoms with Gasteiger partial charge in [0, 0.05) is 60.9 Å². The highest BCUT2D eigenvalue weighted by atomic mass is 16.5. The minimum Gasteiger partial charge on any atom is -0.380 e. The quantitative estimate of drug-likeness (QED) is 0.563. The van der Waals surface area contributed by atoms with Gasteiger partial charge in [0.05, 0.1) is 0 Å².